The van der Waals surface area contributed by atoms with Crippen LogP contribution in [0.15, 0.2) is 66.7 Å². The molecule has 0 bridgehead atoms. The molecule has 0 spiro atoms. The van der Waals surface area contributed by atoms with Crippen LogP contribution in [0.5, 0.6) is 0 Å². The highest BCUT2D eigenvalue weighted by atomic mass is 16.5. The summed E-state index contributed by atoms with van der Waals surface area (Å²) in [7, 11) is 0. The lowest BCUT2D eigenvalue weighted by Crippen LogP contribution is -2.84. The third kappa shape index (κ3) is 3.21. The van der Waals surface area contributed by atoms with Gasteiger partial charge in [-0.2, -0.15) is 0 Å². The molecule has 0 amide bonds. The predicted molar refractivity (Wildman–Crippen MR) is 130 cm³/mol. The van der Waals surface area contributed by atoms with Crippen molar-refractivity contribution in [2.75, 3.05) is 0 Å². The highest BCUT2D eigenvalue weighted by Crippen LogP contribution is 2.59. The van der Waals surface area contributed by atoms with Gasteiger partial charge in [-0.3, -0.25) is 4.90 Å². The Hall–Kier alpha value is -1.94. The highest BCUT2D eigenvalue weighted by Gasteiger charge is 2.70. The monoisotopic (exact) mass is 431 g/mol. The molecule has 5 rings (SSSR count). The van der Waals surface area contributed by atoms with Gasteiger partial charge in [0.15, 0.2) is 0 Å². The Morgan fingerprint density at radius 1 is 1.06 bits per heavy atom. The summed E-state index contributed by atoms with van der Waals surface area (Å²) in [6.45, 7) is 9.27. The van der Waals surface area contributed by atoms with Crippen LogP contribution in [0, 0.1) is 11.8 Å². The van der Waals surface area contributed by atoms with Crippen LogP contribution in [-0.4, -0.2) is 33.9 Å². The van der Waals surface area contributed by atoms with Crippen LogP contribution in [0.1, 0.15) is 64.5 Å². The van der Waals surface area contributed by atoms with E-state index in [0.29, 0.717) is 11.8 Å². The molecule has 170 valence electrons. The number of nitrogens with zero attached hydrogens (tertiary/aromatic N) is 1. The number of aliphatic hydroxyl groups is 1. The molecule has 2 aromatic rings. The molecule has 32 heavy (non-hydrogen) atoms. The first-order valence-electron chi connectivity index (χ1n) is 12.4. The van der Waals surface area contributed by atoms with Crippen LogP contribution in [0.25, 0.3) is 5.57 Å². The number of rotatable bonds is 4. The van der Waals surface area contributed by atoms with Crippen molar-refractivity contribution in [3.63, 3.8) is 0 Å². The largest absolute Gasteiger partial charge is 0.379 e. The molecule has 2 aliphatic heterocycles. The molecule has 2 saturated heterocycles. The Morgan fingerprint density at radius 3 is 2.38 bits per heavy atom. The molecule has 1 N–H and O–H groups in total. The van der Waals surface area contributed by atoms with Crippen molar-refractivity contribution in [2.45, 2.75) is 82.9 Å². The van der Waals surface area contributed by atoms with E-state index in [2.05, 4.69) is 81.1 Å². The van der Waals surface area contributed by atoms with Crippen molar-refractivity contribution in [1.82, 2.24) is 4.90 Å². The quantitative estimate of drug-likeness (QED) is 0.645. The Bertz CT molecular complexity index is 969. The van der Waals surface area contributed by atoms with Crippen LogP contribution in [0.4, 0.5) is 0 Å². The van der Waals surface area contributed by atoms with Crippen molar-refractivity contribution in [3.05, 3.63) is 77.9 Å². The fourth-order valence-electron chi connectivity index (χ4n) is 6.69. The first kappa shape index (κ1) is 21.9. The third-order valence-electron chi connectivity index (χ3n) is 8.32. The van der Waals surface area contributed by atoms with Gasteiger partial charge in [0.05, 0.1) is 12.1 Å². The molecule has 3 fully saturated rings. The minimum absolute atomic E-state index is 0.0546. The van der Waals surface area contributed by atoms with E-state index in [9.17, 15) is 5.11 Å². The van der Waals surface area contributed by atoms with Crippen molar-refractivity contribution < 1.29 is 9.84 Å². The van der Waals surface area contributed by atoms with Gasteiger partial charge in [-0.25, -0.2) is 0 Å². The van der Waals surface area contributed by atoms with Crippen molar-refractivity contribution in [3.8, 4) is 0 Å². The lowest BCUT2D eigenvalue weighted by atomic mass is 9.61. The average Bonchev–Trinajstić information content (AvgIpc) is 2.80. The number of fused-ring (bicyclic) bond motifs is 2. The molecular weight excluding hydrogens is 394 g/mol. The van der Waals surface area contributed by atoms with Crippen LogP contribution >= 0.6 is 0 Å². The zero-order valence-electron chi connectivity index (χ0n) is 19.9. The van der Waals surface area contributed by atoms with Crippen LogP contribution in [0.2, 0.25) is 0 Å². The first-order valence-corrected chi connectivity index (χ1v) is 12.4. The van der Waals surface area contributed by atoms with Gasteiger partial charge >= 0.3 is 0 Å². The molecule has 2 heterocycles. The van der Waals surface area contributed by atoms with E-state index in [-0.39, 0.29) is 23.9 Å². The smallest absolute Gasteiger partial charge is 0.149 e. The van der Waals surface area contributed by atoms with Gasteiger partial charge in [-0.05, 0) is 55.7 Å². The van der Waals surface area contributed by atoms with E-state index < -0.39 is 5.60 Å². The van der Waals surface area contributed by atoms with E-state index in [0.717, 1.165) is 18.4 Å². The molecule has 0 radical (unpaired) electrons. The summed E-state index contributed by atoms with van der Waals surface area (Å²) in [6, 6.07) is 20.6. The molecule has 6 atom stereocenters. The fourth-order valence-corrected chi connectivity index (χ4v) is 6.69. The lowest BCUT2D eigenvalue weighted by molar-refractivity contribution is -0.373. The maximum absolute atomic E-state index is 12.5. The topological polar surface area (TPSA) is 32.7 Å². The normalized spacial score (nSPS) is 36.7. The zero-order chi connectivity index (χ0) is 22.5. The molecule has 1 saturated carbocycles. The number of allylic oxidation sites excluding steroid dienone is 1. The summed E-state index contributed by atoms with van der Waals surface area (Å²) < 4.78 is 6.81. The highest BCUT2D eigenvalue weighted by molar-refractivity contribution is 5.73. The van der Waals surface area contributed by atoms with Crippen molar-refractivity contribution in [1.29, 1.82) is 0 Å². The number of hydrogen-bond acceptors (Lipinski definition) is 3. The van der Waals surface area contributed by atoms with E-state index in [1.165, 1.54) is 24.0 Å². The van der Waals surface area contributed by atoms with Crippen molar-refractivity contribution in [2.24, 2.45) is 11.8 Å². The second-order valence-electron chi connectivity index (χ2n) is 10.6. The van der Waals surface area contributed by atoms with Crippen LogP contribution < -0.4 is 0 Å². The van der Waals surface area contributed by atoms with Gasteiger partial charge in [-0.1, -0.05) is 87.0 Å². The third-order valence-corrected chi connectivity index (χ3v) is 8.32. The first-order chi connectivity index (χ1) is 15.4. The SMILES string of the molecule is CC/C=C(\c1ccccc1)[C@@H]1N2[C@@H](O[C@@H]3C[C@H](C)CC[C@H]3C2(C)C)[C@]1(O)c1ccccc1. The Morgan fingerprint density at radius 2 is 1.72 bits per heavy atom. The van der Waals surface area contributed by atoms with Gasteiger partial charge in [0.2, 0.25) is 0 Å². The molecule has 3 heteroatoms. The molecule has 1 aliphatic carbocycles. The van der Waals surface area contributed by atoms with E-state index in [4.69, 9.17) is 4.74 Å². The summed E-state index contributed by atoms with van der Waals surface area (Å²) in [5, 5.41) is 12.5. The Balaban J connectivity index is 1.64. The van der Waals surface area contributed by atoms with Gasteiger partial charge in [0, 0.05) is 11.5 Å². The molecule has 3 nitrogen and oxygen atoms in total. The van der Waals surface area contributed by atoms with Gasteiger partial charge < -0.3 is 9.84 Å². The molecule has 0 aromatic heterocycles. The van der Waals surface area contributed by atoms with Crippen molar-refractivity contribution >= 4 is 5.57 Å². The van der Waals surface area contributed by atoms with Gasteiger partial charge in [0.1, 0.15) is 11.8 Å². The second-order valence-corrected chi connectivity index (χ2v) is 10.6. The number of ether oxygens (including phenoxy) is 1. The summed E-state index contributed by atoms with van der Waals surface area (Å²) in [4.78, 5) is 2.49. The summed E-state index contributed by atoms with van der Waals surface area (Å²) in [6.07, 6.45) is 6.64. The average molecular weight is 432 g/mol. The van der Waals surface area contributed by atoms with Gasteiger partial charge in [-0.15, -0.1) is 0 Å². The fraction of sp³-hybridized carbons (Fsp3) is 0.517. The maximum Gasteiger partial charge on any atom is 0.149 e. The van der Waals surface area contributed by atoms with Crippen LogP contribution in [0.3, 0.4) is 0 Å². The molecule has 3 aliphatic rings. The summed E-state index contributed by atoms with van der Waals surface area (Å²) >= 11 is 0. The van der Waals surface area contributed by atoms with E-state index in [1.807, 2.05) is 18.2 Å². The molecule has 0 unspecified atom stereocenters. The minimum atomic E-state index is -1.08. The maximum atomic E-state index is 12.5. The zero-order valence-corrected chi connectivity index (χ0v) is 19.9. The predicted octanol–water partition coefficient (Wildman–Crippen LogP) is 5.99. The van der Waals surface area contributed by atoms with Crippen LogP contribution in [-0.2, 0) is 10.3 Å². The van der Waals surface area contributed by atoms with E-state index >= 15 is 0 Å². The van der Waals surface area contributed by atoms with E-state index in [1.54, 1.807) is 0 Å². The lowest BCUT2D eigenvalue weighted by Gasteiger charge is -2.71. The summed E-state index contributed by atoms with van der Waals surface area (Å²) in [5.74, 6) is 1.16. The van der Waals surface area contributed by atoms with Gasteiger partial charge in [0.25, 0.3) is 0 Å². The number of hydrogen-bond donors (Lipinski definition) is 1. The summed E-state index contributed by atoms with van der Waals surface area (Å²) in [5.41, 5.74) is 2.20. The number of benzene rings is 2. The standard InChI is InChI=1S/C29H37NO2/c1-5-12-23(21-13-8-6-9-14-21)26-29(31,22-15-10-7-11-16-22)27-30(26)28(3,4)24-18-17-20(2)19-25(24)32-27/h6-16,20,24-27,31H,5,17-19H2,1-4H3/b23-12+/t20-,24-,25-,26+,27+,29+/m1/s1. The molecule has 2 aromatic carbocycles. The minimum Gasteiger partial charge on any atom is -0.379 e. The Kier molecular flexibility index (Phi) is 5.56. The second kappa shape index (κ2) is 8.13. The molecular formula is C29H37NO2. The Labute approximate surface area is 193 Å².